The van der Waals surface area contributed by atoms with E-state index in [0.717, 1.165) is 32.7 Å². The molecule has 0 aliphatic carbocycles. The van der Waals surface area contributed by atoms with E-state index < -0.39 is 12.1 Å². The van der Waals surface area contributed by atoms with Crippen LogP contribution in [0.1, 0.15) is 130 Å². The number of aliphatic carboxylic acids is 1. The summed E-state index contributed by atoms with van der Waals surface area (Å²) in [7, 11) is 0. The number of aliphatic hydroxyl groups is 1. The van der Waals surface area contributed by atoms with Crippen molar-refractivity contribution >= 4 is 5.97 Å². The number of carboxylic acids is 1. The Balaban J connectivity index is 0.00000160. The highest BCUT2D eigenvalue weighted by Crippen LogP contribution is 2.14. The molecule has 0 aromatic rings. The van der Waals surface area contributed by atoms with Gasteiger partial charge >= 0.3 is 5.97 Å². The van der Waals surface area contributed by atoms with Crippen LogP contribution in [0.3, 0.4) is 0 Å². The van der Waals surface area contributed by atoms with Crippen LogP contribution in [0, 0.1) is 0 Å². The molecule has 204 valence electrons. The lowest BCUT2D eigenvalue weighted by Crippen LogP contribution is -2.50. The van der Waals surface area contributed by atoms with E-state index in [1.165, 1.54) is 110 Å². The summed E-state index contributed by atoms with van der Waals surface area (Å²) in [6, 6.07) is 0.518. The second-order valence-corrected chi connectivity index (χ2v) is 9.90. The molecule has 4 N–H and O–H groups in total. The quantitative estimate of drug-likeness (QED) is 0.148. The minimum Gasteiger partial charge on any atom is -0.479 e. The lowest BCUT2D eigenvalue weighted by atomic mass is 10.0. The number of aliphatic hydroxyl groups excluding tert-OH is 1. The Labute approximate surface area is 211 Å². The van der Waals surface area contributed by atoms with E-state index in [1.54, 1.807) is 0 Å². The zero-order valence-electron chi connectivity index (χ0n) is 22.8. The van der Waals surface area contributed by atoms with Crippen LogP contribution in [-0.2, 0) is 9.53 Å². The summed E-state index contributed by atoms with van der Waals surface area (Å²) in [4.78, 5) is 9.45. The number of ether oxygens (including phenoxy) is 1. The van der Waals surface area contributed by atoms with Crippen LogP contribution >= 0.6 is 0 Å². The van der Waals surface area contributed by atoms with Crippen LogP contribution in [0.4, 0.5) is 0 Å². The van der Waals surface area contributed by atoms with E-state index in [0.29, 0.717) is 12.1 Å². The van der Waals surface area contributed by atoms with Gasteiger partial charge in [-0.25, -0.2) is 4.79 Å². The highest BCUT2D eigenvalue weighted by molar-refractivity contribution is 5.71. The van der Waals surface area contributed by atoms with E-state index in [1.807, 2.05) is 0 Å². The maximum Gasteiger partial charge on any atom is 0.332 e. The van der Waals surface area contributed by atoms with Crippen molar-refractivity contribution in [3.8, 4) is 0 Å². The number of unbranched alkanes of at least 4 members (excludes halogenated alkanes) is 15. The van der Waals surface area contributed by atoms with Gasteiger partial charge in [-0.1, -0.05) is 110 Å². The van der Waals surface area contributed by atoms with Gasteiger partial charge in [0.2, 0.25) is 0 Å². The van der Waals surface area contributed by atoms with Crippen molar-refractivity contribution < 1.29 is 19.7 Å². The van der Waals surface area contributed by atoms with Crippen molar-refractivity contribution in [3.63, 3.8) is 0 Å². The zero-order chi connectivity index (χ0) is 25.3. The first kappa shape index (κ1) is 33.3. The predicted molar refractivity (Wildman–Crippen MR) is 144 cm³/mol. The summed E-state index contributed by atoms with van der Waals surface area (Å²) in [5.41, 5.74) is 0. The summed E-state index contributed by atoms with van der Waals surface area (Å²) in [5, 5.41) is 22.9. The zero-order valence-corrected chi connectivity index (χ0v) is 22.8. The van der Waals surface area contributed by atoms with Gasteiger partial charge in [-0.2, -0.15) is 0 Å². The molecule has 34 heavy (non-hydrogen) atoms. The molecule has 1 aliphatic heterocycles. The molecule has 0 amide bonds. The fourth-order valence-corrected chi connectivity index (χ4v) is 4.34. The average molecular weight is 487 g/mol. The summed E-state index contributed by atoms with van der Waals surface area (Å²) in [5.74, 6) is -1.19. The smallest absolute Gasteiger partial charge is 0.332 e. The first-order chi connectivity index (χ1) is 16.5. The van der Waals surface area contributed by atoms with Crippen LogP contribution < -0.4 is 10.6 Å². The Hall–Kier alpha value is -0.690. The second kappa shape index (κ2) is 25.4. The number of hydrogen-bond donors (Lipinski definition) is 4. The fourth-order valence-electron chi connectivity index (χ4n) is 4.34. The van der Waals surface area contributed by atoms with Crippen LogP contribution in [0.2, 0.25) is 0 Å². The molecule has 6 heteroatoms. The number of rotatable bonds is 21. The number of morpholine rings is 1. The molecule has 0 bridgehead atoms. The average Bonchev–Trinajstić information content (AvgIpc) is 2.84. The Bertz CT molecular complexity index is 429. The Morgan fingerprint density at radius 3 is 1.68 bits per heavy atom. The molecule has 0 spiro atoms. The summed E-state index contributed by atoms with van der Waals surface area (Å²) in [6.45, 7) is 9.78. The maximum atomic E-state index is 9.45. The molecule has 6 nitrogen and oxygen atoms in total. The van der Waals surface area contributed by atoms with E-state index >= 15 is 0 Å². The van der Waals surface area contributed by atoms with Crippen molar-refractivity contribution in [2.24, 2.45) is 0 Å². The molecule has 1 aliphatic rings. The van der Waals surface area contributed by atoms with Gasteiger partial charge in [0.15, 0.2) is 0 Å². The van der Waals surface area contributed by atoms with E-state index in [4.69, 9.17) is 14.9 Å². The molecule has 0 aromatic heterocycles. The molecule has 3 unspecified atom stereocenters. The van der Waals surface area contributed by atoms with Crippen molar-refractivity contribution in [2.75, 3.05) is 26.2 Å². The van der Waals surface area contributed by atoms with Gasteiger partial charge < -0.3 is 25.6 Å². The first-order valence-corrected chi connectivity index (χ1v) is 14.5. The van der Waals surface area contributed by atoms with Gasteiger partial charge in [-0.15, -0.1) is 0 Å². The van der Waals surface area contributed by atoms with Crippen LogP contribution in [0.5, 0.6) is 0 Å². The Morgan fingerprint density at radius 1 is 0.882 bits per heavy atom. The largest absolute Gasteiger partial charge is 0.479 e. The standard InChI is InChI=1S/C25H52N2O.C3H6O3/c1-3-5-6-7-8-9-10-11-12-13-14-15-16-17-18-19-20-27-24(4-2)25-23-26-21-22-28-25;1-2(4)3(5)6/h24-27H,3-23H2,1-2H3;2,4H,1H3,(H,5,6). The summed E-state index contributed by atoms with van der Waals surface area (Å²) in [6.07, 6.45) is 23.3. The van der Waals surface area contributed by atoms with E-state index in [2.05, 4.69) is 24.5 Å². The summed E-state index contributed by atoms with van der Waals surface area (Å²) < 4.78 is 5.89. The third-order valence-corrected chi connectivity index (χ3v) is 6.64. The van der Waals surface area contributed by atoms with Crippen molar-refractivity contribution in [1.29, 1.82) is 0 Å². The molecule has 1 rings (SSSR count). The minimum atomic E-state index is -1.23. The fraction of sp³-hybridized carbons (Fsp3) is 0.964. The molecule has 0 saturated carbocycles. The predicted octanol–water partition coefficient (Wildman–Crippen LogP) is 6.06. The molecular weight excluding hydrogens is 428 g/mol. The van der Waals surface area contributed by atoms with E-state index in [-0.39, 0.29) is 0 Å². The van der Waals surface area contributed by atoms with Gasteiger partial charge in [0.1, 0.15) is 6.10 Å². The molecule has 3 atom stereocenters. The van der Waals surface area contributed by atoms with Gasteiger partial charge in [0.05, 0.1) is 12.7 Å². The van der Waals surface area contributed by atoms with Crippen LogP contribution in [0.25, 0.3) is 0 Å². The van der Waals surface area contributed by atoms with Gasteiger partial charge in [-0.05, 0) is 26.3 Å². The Morgan fingerprint density at radius 2 is 1.32 bits per heavy atom. The maximum absolute atomic E-state index is 9.45. The number of carbonyl (C=O) groups is 1. The topological polar surface area (TPSA) is 90.8 Å². The molecule has 1 fully saturated rings. The normalized spacial score (nSPS) is 17.6. The van der Waals surface area contributed by atoms with E-state index in [9.17, 15) is 4.79 Å². The van der Waals surface area contributed by atoms with Crippen LogP contribution in [-0.4, -0.2) is 60.7 Å². The van der Waals surface area contributed by atoms with Crippen molar-refractivity contribution in [1.82, 2.24) is 10.6 Å². The second-order valence-electron chi connectivity index (χ2n) is 9.90. The third-order valence-electron chi connectivity index (χ3n) is 6.64. The molecular formula is C28H58N2O4. The first-order valence-electron chi connectivity index (χ1n) is 14.5. The third kappa shape index (κ3) is 21.8. The van der Waals surface area contributed by atoms with Gasteiger partial charge in [0, 0.05) is 19.1 Å². The molecule has 1 saturated heterocycles. The van der Waals surface area contributed by atoms with Crippen LogP contribution in [0.15, 0.2) is 0 Å². The van der Waals surface area contributed by atoms with Crippen molar-refractivity contribution in [3.05, 3.63) is 0 Å². The highest BCUT2D eigenvalue weighted by Gasteiger charge is 2.22. The van der Waals surface area contributed by atoms with Gasteiger partial charge in [-0.3, -0.25) is 0 Å². The number of nitrogens with one attached hydrogen (secondary N) is 2. The van der Waals surface area contributed by atoms with Gasteiger partial charge in [0.25, 0.3) is 0 Å². The summed E-state index contributed by atoms with van der Waals surface area (Å²) >= 11 is 0. The lowest BCUT2D eigenvalue weighted by molar-refractivity contribution is -0.145. The Kier molecular flexibility index (Phi) is 24.9. The number of hydrogen-bond acceptors (Lipinski definition) is 5. The molecule has 1 heterocycles. The van der Waals surface area contributed by atoms with Crippen molar-refractivity contribution in [2.45, 2.75) is 148 Å². The monoisotopic (exact) mass is 486 g/mol. The molecule has 0 aromatic carbocycles. The highest BCUT2D eigenvalue weighted by atomic mass is 16.5. The molecule has 0 radical (unpaired) electrons. The number of carboxylic acid groups (broad SMARTS) is 1. The SMILES string of the molecule is CC(O)C(=O)O.CCCCCCCCCCCCCCCCCCNC(CC)C1CNCCO1. The minimum absolute atomic E-state index is 0.361. The lowest BCUT2D eigenvalue weighted by Gasteiger charge is -2.31.